The third kappa shape index (κ3) is 3.67. The molecule has 2 fully saturated rings. The molecule has 2 atom stereocenters. The maximum absolute atomic E-state index is 11.5. The molecule has 1 heterocycles. The zero-order valence-electron chi connectivity index (χ0n) is 11.4. The van der Waals surface area contributed by atoms with Crippen LogP contribution in [-0.2, 0) is 14.6 Å². The highest BCUT2D eigenvalue weighted by Gasteiger charge is 2.41. The van der Waals surface area contributed by atoms with E-state index in [0.29, 0.717) is 19.0 Å². The van der Waals surface area contributed by atoms with Gasteiger partial charge in [0.1, 0.15) is 5.54 Å². The van der Waals surface area contributed by atoms with Crippen LogP contribution in [0.4, 0.5) is 0 Å². The maximum Gasteiger partial charge on any atom is 0.324 e. The highest BCUT2D eigenvalue weighted by molar-refractivity contribution is 7.91. The average Bonchev–Trinajstić information content (AvgIpc) is 3.00. The van der Waals surface area contributed by atoms with E-state index < -0.39 is 21.3 Å². The van der Waals surface area contributed by atoms with Gasteiger partial charge >= 0.3 is 5.97 Å². The molecule has 2 unspecified atom stereocenters. The number of carboxylic acid groups (broad SMARTS) is 1. The van der Waals surface area contributed by atoms with Crippen molar-refractivity contribution in [1.82, 2.24) is 10.2 Å². The number of hydrogen-bond acceptors (Lipinski definition) is 5. The fourth-order valence-corrected chi connectivity index (χ4v) is 4.41. The lowest BCUT2D eigenvalue weighted by Gasteiger charge is -2.33. The third-order valence-electron chi connectivity index (χ3n) is 3.97. The Bertz CT molecular complexity index is 460. The fourth-order valence-electron chi connectivity index (χ4n) is 2.60. The van der Waals surface area contributed by atoms with Crippen LogP contribution in [0.1, 0.15) is 26.2 Å². The van der Waals surface area contributed by atoms with E-state index in [4.69, 9.17) is 0 Å². The quantitative estimate of drug-likeness (QED) is 0.698. The smallest absolute Gasteiger partial charge is 0.324 e. The fraction of sp³-hybridized carbons (Fsp3) is 0.917. The van der Waals surface area contributed by atoms with Gasteiger partial charge in [-0.2, -0.15) is 0 Å². The Morgan fingerprint density at radius 2 is 2.05 bits per heavy atom. The summed E-state index contributed by atoms with van der Waals surface area (Å²) in [5.74, 6) is -0.531. The van der Waals surface area contributed by atoms with Gasteiger partial charge in [-0.05, 0) is 33.2 Å². The van der Waals surface area contributed by atoms with Crippen LogP contribution in [-0.4, -0.2) is 67.1 Å². The van der Waals surface area contributed by atoms with Crippen LogP contribution in [0.15, 0.2) is 0 Å². The summed E-state index contributed by atoms with van der Waals surface area (Å²) in [5, 5.41) is 12.5. The zero-order valence-corrected chi connectivity index (χ0v) is 12.2. The van der Waals surface area contributed by atoms with Crippen LogP contribution in [0.5, 0.6) is 0 Å². The molecule has 1 aliphatic heterocycles. The molecular formula is C12H22N2O4S. The van der Waals surface area contributed by atoms with Gasteiger partial charge in [0.05, 0.1) is 11.5 Å². The lowest BCUT2D eigenvalue weighted by Crippen LogP contribution is -2.58. The molecular weight excluding hydrogens is 268 g/mol. The van der Waals surface area contributed by atoms with Crippen molar-refractivity contribution in [1.29, 1.82) is 0 Å². The van der Waals surface area contributed by atoms with Gasteiger partial charge in [0.15, 0.2) is 9.84 Å². The van der Waals surface area contributed by atoms with E-state index in [2.05, 4.69) is 5.32 Å². The largest absolute Gasteiger partial charge is 0.480 e. The van der Waals surface area contributed by atoms with Crippen molar-refractivity contribution in [3.63, 3.8) is 0 Å². The summed E-state index contributed by atoms with van der Waals surface area (Å²) in [5.41, 5.74) is -1.01. The number of carboxylic acids is 1. The molecule has 2 N–H and O–H groups in total. The lowest BCUT2D eigenvalue weighted by molar-refractivity contribution is -0.145. The Kier molecular flexibility index (Phi) is 3.90. The molecule has 0 aromatic carbocycles. The SMILES string of the molecule is CN(CC(C)(NC1CC1)C(=O)O)C1CCS(=O)(=O)C1. The first-order valence-corrected chi connectivity index (χ1v) is 8.46. The molecule has 0 bridgehead atoms. The highest BCUT2D eigenvalue weighted by Crippen LogP contribution is 2.24. The summed E-state index contributed by atoms with van der Waals surface area (Å²) in [6.45, 7) is 1.99. The second-order valence-corrected chi connectivity index (χ2v) is 8.26. The number of rotatable bonds is 6. The topological polar surface area (TPSA) is 86.7 Å². The van der Waals surface area contributed by atoms with Gasteiger partial charge in [0, 0.05) is 18.6 Å². The van der Waals surface area contributed by atoms with Crippen LogP contribution in [0.2, 0.25) is 0 Å². The molecule has 110 valence electrons. The first-order chi connectivity index (χ1) is 8.72. The van der Waals surface area contributed by atoms with E-state index in [0.717, 1.165) is 12.8 Å². The first kappa shape index (κ1) is 14.7. The molecule has 0 amide bonds. The van der Waals surface area contributed by atoms with Crippen molar-refractivity contribution in [2.45, 2.75) is 43.8 Å². The van der Waals surface area contributed by atoms with Crippen LogP contribution < -0.4 is 5.32 Å². The van der Waals surface area contributed by atoms with Gasteiger partial charge in [-0.3, -0.25) is 15.0 Å². The maximum atomic E-state index is 11.5. The number of hydrogen-bond donors (Lipinski definition) is 2. The van der Waals surface area contributed by atoms with Crippen molar-refractivity contribution < 1.29 is 18.3 Å². The van der Waals surface area contributed by atoms with Crippen molar-refractivity contribution in [3.05, 3.63) is 0 Å². The summed E-state index contributed by atoms with van der Waals surface area (Å²) in [4.78, 5) is 13.3. The van der Waals surface area contributed by atoms with E-state index >= 15 is 0 Å². The standard InChI is InChI=1S/C12H22N2O4S/c1-12(11(15)16,13-9-3-4-9)8-14(2)10-5-6-19(17,18)7-10/h9-10,13H,3-8H2,1-2H3,(H,15,16). The normalized spacial score (nSPS) is 29.3. The van der Waals surface area contributed by atoms with Crippen molar-refractivity contribution in [2.24, 2.45) is 0 Å². The number of nitrogens with one attached hydrogen (secondary N) is 1. The molecule has 2 aliphatic rings. The molecule has 0 spiro atoms. The molecule has 1 saturated heterocycles. The summed E-state index contributed by atoms with van der Waals surface area (Å²) >= 11 is 0. The van der Waals surface area contributed by atoms with E-state index in [1.165, 1.54) is 0 Å². The third-order valence-corrected chi connectivity index (χ3v) is 5.72. The Morgan fingerprint density at radius 1 is 1.42 bits per heavy atom. The Morgan fingerprint density at radius 3 is 2.47 bits per heavy atom. The van der Waals surface area contributed by atoms with Gasteiger partial charge in [-0.15, -0.1) is 0 Å². The van der Waals surface area contributed by atoms with E-state index in [9.17, 15) is 18.3 Å². The predicted molar refractivity (Wildman–Crippen MR) is 71.9 cm³/mol. The lowest BCUT2D eigenvalue weighted by atomic mass is 10.0. The second kappa shape index (κ2) is 5.03. The monoisotopic (exact) mass is 290 g/mol. The van der Waals surface area contributed by atoms with Gasteiger partial charge in [0.2, 0.25) is 0 Å². The molecule has 7 heteroatoms. The molecule has 6 nitrogen and oxygen atoms in total. The molecule has 19 heavy (non-hydrogen) atoms. The number of sulfone groups is 1. The molecule has 0 aromatic rings. The number of carbonyl (C=O) groups is 1. The van der Waals surface area contributed by atoms with Gasteiger partial charge in [0.25, 0.3) is 0 Å². The van der Waals surface area contributed by atoms with Crippen LogP contribution >= 0.6 is 0 Å². The first-order valence-electron chi connectivity index (χ1n) is 6.64. The van der Waals surface area contributed by atoms with Crippen LogP contribution in [0.3, 0.4) is 0 Å². The highest BCUT2D eigenvalue weighted by atomic mass is 32.2. The Labute approximate surface area is 114 Å². The summed E-state index contributed by atoms with van der Waals surface area (Å²) < 4.78 is 22.9. The average molecular weight is 290 g/mol. The molecule has 0 aromatic heterocycles. The van der Waals surface area contributed by atoms with Gasteiger partial charge in [-0.1, -0.05) is 0 Å². The number of aliphatic carboxylic acids is 1. The minimum absolute atomic E-state index is 0.0651. The number of likely N-dealkylation sites (N-methyl/N-ethyl adjacent to an activating group) is 1. The molecule has 2 rings (SSSR count). The zero-order chi connectivity index (χ0) is 14.3. The van der Waals surface area contributed by atoms with Crippen molar-refractivity contribution >= 4 is 15.8 Å². The van der Waals surface area contributed by atoms with E-state index in [-0.39, 0.29) is 17.5 Å². The van der Waals surface area contributed by atoms with E-state index in [1.54, 1.807) is 14.0 Å². The van der Waals surface area contributed by atoms with Gasteiger partial charge < -0.3 is 5.11 Å². The van der Waals surface area contributed by atoms with Gasteiger partial charge in [-0.25, -0.2) is 8.42 Å². The molecule has 1 saturated carbocycles. The summed E-state index contributed by atoms with van der Waals surface area (Å²) in [6.07, 6.45) is 2.63. The second-order valence-electron chi connectivity index (χ2n) is 6.03. The van der Waals surface area contributed by atoms with Crippen LogP contribution in [0, 0.1) is 0 Å². The Balaban J connectivity index is 1.98. The number of nitrogens with zero attached hydrogens (tertiary/aromatic N) is 1. The Hall–Kier alpha value is -0.660. The predicted octanol–water partition coefficient (Wildman–Crippen LogP) is -0.299. The van der Waals surface area contributed by atoms with Crippen molar-refractivity contribution in [2.75, 3.05) is 25.1 Å². The minimum Gasteiger partial charge on any atom is -0.480 e. The molecule has 0 radical (unpaired) electrons. The van der Waals surface area contributed by atoms with E-state index in [1.807, 2.05) is 4.90 Å². The van der Waals surface area contributed by atoms with Crippen molar-refractivity contribution in [3.8, 4) is 0 Å². The minimum atomic E-state index is -2.94. The van der Waals surface area contributed by atoms with Crippen LogP contribution in [0.25, 0.3) is 0 Å². The summed E-state index contributed by atoms with van der Waals surface area (Å²) in [6, 6.07) is 0.228. The summed E-state index contributed by atoms with van der Waals surface area (Å²) in [7, 11) is -1.13. The molecule has 1 aliphatic carbocycles.